The van der Waals surface area contributed by atoms with Gasteiger partial charge in [-0.05, 0) is 12.5 Å². The molecule has 4 nitrogen and oxygen atoms in total. The Balaban J connectivity index is 1.85. The van der Waals surface area contributed by atoms with Gasteiger partial charge < -0.3 is 15.1 Å². The minimum atomic E-state index is -0.965. The van der Waals surface area contributed by atoms with E-state index in [4.69, 9.17) is 12.2 Å². The molecule has 104 valence electrons. The van der Waals surface area contributed by atoms with Gasteiger partial charge in [0.25, 0.3) is 0 Å². The van der Waals surface area contributed by atoms with Crippen LogP contribution in [0, 0.1) is 5.92 Å². The molecule has 0 aromatic heterocycles. The second-order valence-electron chi connectivity index (χ2n) is 4.81. The molecule has 0 saturated carbocycles. The van der Waals surface area contributed by atoms with Crippen molar-refractivity contribution in [3.05, 3.63) is 46.5 Å². The summed E-state index contributed by atoms with van der Waals surface area (Å²) in [5, 5.41) is 19.6. The maximum absolute atomic E-state index is 11.3. The van der Waals surface area contributed by atoms with E-state index in [2.05, 4.69) is 0 Å². The molecule has 2 N–H and O–H groups in total. The van der Waals surface area contributed by atoms with Crippen LogP contribution in [0.5, 0.6) is 0 Å². The molecule has 0 spiro atoms. The van der Waals surface area contributed by atoms with Crippen molar-refractivity contribution < 1.29 is 15.0 Å². The summed E-state index contributed by atoms with van der Waals surface area (Å²) in [4.78, 5) is 14.2. The van der Waals surface area contributed by atoms with Crippen LogP contribution < -0.4 is 0 Å². The Morgan fingerprint density at radius 3 is 2.65 bits per heavy atom. The molecule has 6 heteroatoms. The van der Waals surface area contributed by atoms with Gasteiger partial charge >= 0.3 is 5.97 Å². The van der Waals surface area contributed by atoms with E-state index in [-0.39, 0.29) is 17.0 Å². The number of nitrogens with zero attached hydrogens (tertiary/aromatic N) is 1. The highest BCUT2D eigenvalue weighted by molar-refractivity contribution is 8.04. The average Bonchev–Trinajstić information content (AvgIpc) is 2.73. The van der Waals surface area contributed by atoms with E-state index in [1.807, 2.05) is 30.3 Å². The van der Waals surface area contributed by atoms with Gasteiger partial charge in [-0.25, -0.2) is 4.79 Å². The number of fused-ring (bicyclic) bond motifs is 1. The molecule has 1 saturated heterocycles. The number of aliphatic hydroxyl groups excluding tert-OH is 1. The van der Waals surface area contributed by atoms with E-state index < -0.39 is 12.1 Å². The third-order valence-corrected chi connectivity index (χ3v) is 5.40. The molecule has 0 amide bonds. The molecule has 0 radical (unpaired) electrons. The lowest BCUT2D eigenvalue weighted by Gasteiger charge is -2.47. The molecule has 1 unspecified atom stereocenters. The number of hydrogen-bond donors (Lipinski definition) is 2. The van der Waals surface area contributed by atoms with Crippen LogP contribution in [0.2, 0.25) is 0 Å². The monoisotopic (exact) mass is 307 g/mol. The van der Waals surface area contributed by atoms with Crippen LogP contribution in [-0.4, -0.2) is 31.4 Å². The van der Waals surface area contributed by atoms with Gasteiger partial charge in [-0.3, -0.25) is 0 Å². The molecule has 1 aromatic rings. The molecule has 20 heavy (non-hydrogen) atoms. The van der Waals surface area contributed by atoms with Crippen LogP contribution in [0.15, 0.2) is 40.9 Å². The number of hydrogen-bond acceptors (Lipinski definition) is 4. The Labute approximate surface area is 126 Å². The van der Waals surface area contributed by atoms with Crippen molar-refractivity contribution in [1.29, 1.82) is 0 Å². The fourth-order valence-electron chi connectivity index (χ4n) is 2.66. The first-order valence-corrected chi connectivity index (χ1v) is 7.48. The van der Waals surface area contributed by atoms with Crippen LogP contribution in [0.3, 0.4) is 0 Å². The Morgan fingerprint density at radius 1 is 1.40 bits per heavy atom. The van der Waals surface area contributed by atoms with Gasteiger partial charge in [0.1, 0.15) is 5.70 Å². The van der Waals surface area contributed by atoms with Gasteiger partial charge in [0.05, 0.1) is 22.4 Å². The van der Waals surface area contributed by atoms with Gasteiger partial charge in [0.15, 0.2) is 0 Å². The van der Waals surface area contributed by atoms with E-state index in [0.29, 0.717) is 4.99 Å². The lowest BCUT2D eigenvalue weighted by atomic mass is 9.88. The zero-order valence-electron chi connectivity index (χ0n) is 10.7. The van der Waals surface area contributed by atoms with Crippen molar-refractivity contribution in [2.45, 2.75) is 18.4 Å². The Morgan fingerprint density at radius 2 is 2.05 bits per heavy atom. The summed E-state index contributed by atoms with van der Waals surface area (Å²) in [7, 11) is 0. The Hall–Kier alpha value is -1.37. The highest BCUT2D eigenvalue weighted by Crippen LogP contribution is 2.53. The number of benzene rings is 1. The molecule has 3 atom stereocenters. The predicted molar refractivity (Wildman–Crippen MR) is 81.0 cm³/mol. The van der Waals surface area contributed by atoms with Crippen molar-refractivity contribution in [3.8, 4) is 0 Å². The number of aliphatic carboxylic acids is 1. The highest BCUT2D eigenvalue weighted by Gasteiger charge is 2.55. The van der Waals surface area contributed by atoms with Crippen LogP contribution in [0.4, 0.5) is 0 Å². The SMILES string of the molecule is CC1=C(C(=O)O)N2C(=S)[C@@H](C(O)c3ccccc3)[C@H]2S1. The van der Waals surface area contributed by atoms with Crippen molar-refractivity contribution in [3.63, 3.8) is 0 Å². The van der Waals surface area contributed by atoms with E-state index in [1.165, 1.54) is 11.8 Å². The topological polar surface area (TPSA) is 60.8 Å². The van der Waals surface area contributed by atoms with Crippen LogP contribution in [0.1, 0.15) is 18.6 Å². The number of allylic oxidation sites excluding steroid dienone is 1. The summed E-state index contributed by atoms with van der Waals surface area (Å²) in [5.74, 6) is -1.18. The van der Waals surface area contributed by atoms with Crippen molar-refractivity contribution in [1.82, 2.24) is 4.90 Å². The molecule has 2 aliphatic rings. The molecule has 3 rings (SSSR count). The molecule has 0 aliphatic carbocycles. The minimum Gasteiger partial charge on any atom is -0.477 e. The second kappa shape index (κ2) is 4.87. The number of carboxylic acids is 1. The first-order valence-electron chi connectivity index (χ1n) is 6.19. The number of aliphatic hydroxyl groups is 1. The van der Waals surface area contributed by atoms with Gasteiger partial charge in [-0.2, -0.15) is 0 Å². The third kappa shape index (κ3) is 1.87. The van der Waals surface area contributed by atoms with E-state index in [0.717, 1.165) is 10.5 Å². The summed E-state index contributed by atoms with van der Waals surface area (Å²) in [6.07, 6.45) is -0.696. The zero-order valence-corrected chi connectivity index (χ0v) is 12.3. The molecular weight excluding hydrogens is 294 g/mol. The first kappa shape index (κ1) is 13.6. The summed E-state index contributed by atoms with van der Waals surface area (Å²) in [5.41, 5.74) is 1.06. The molecular formula is C14H13NO3S2. The molecule has 1 aromatic carbocycles. The lowest BCUT2D eigenvalue weighted by molar-refractivity contribution is -0.134. The minimum absolute atomic E-state index is 0.108. The number of carbonyl (C=O) groups is 1. The maximum atomic E-state index is 11.3. The van der Waals surface area contributed by atoms with Crippen LogP contribution in [0.25, 0.3) is 0 Å². The van der Waals surface area contributed by atoms with E-state index in [9.17, 15) is 15.0 Å². The normalized spacial score (nSPS) is 26.3. The molecule has 2 aliphatic heterocycles. The fourth-order valence-corrected chi connectivity index (χ4v) is 4.68. The second-order valence-corrected chi connectivity index (χ2v) is 6.56. The standard InChI is InChI=1S/C14H13NO3S2/c1-7-10(14(17)18)15-12(19)9(13(15)20-7)11(16)8-5-3-2-4-6-8/h2-6,9,11,13,16H,1H3,(H,17,18)/t9-,11?,13-/m1/s1. The highest BCUT2D eigenvalue weighted by atomic mass is 32.2. The van der Waals surface area contributed by atoms with Gasteiger partial charge in [-0.15, -0.1) is 11.8 Å². The Kier molecular flexibility index (Phi) is 3.32. The summed E-state index contributed by atoms with van der Waals surface area (Å²) in [6, 6.07) is 9.33. The summed E-state index contributed by atoms with van der Waals surface area (Å²) in [6.45, 7) is 1.78. The largest absolute Gasteiger partial charge is 0.477 e. The smallest absolute Gasteiger partial charge is 0.353 e. The van der Waals surface area contributed by atoms with Gasteiger partial charge in [0.2, 0.25) is 0 Å². The lowest BCUT2D eigenvalue weighted by Crippen LogP contribution is -2.58. The summed E-state index contributed by atoms with van der Waals surface area (Å²) >= 11 is 6.79. The van der Waals surface area contributed by atoms with Gasteiger partial charge in [0, 0.05) is 4.91 Å². The molecule has 0 bridgehead atoms. The number of thiocarbonyl (C=S) groups is 1. The van der Waals surface area contributed by atoms with Gasteiger partial charge in [-0.1, -0.05) is 42.5 Å². The van der Waals surface area contributed by atoms with Crippen LogP contribution >= 0.6 is 24.0 Å². The third-order valence-electron chi connectivity index (χ3n) is 3.64. The number of rotatable bonds is 3. The fraction of sp³-hybridized carbons (Fsp3) is 0.286. The summed E-state index contributed by atoms with van der Waals surface area (Å²) < 4.78 is 0. The quantitative estimate of drug-likeness (QED) is 0.836. The van der Waals surface area contributed by atoms with E-state index in [1.54, 1.807) is 11.8 Å². The zero-order chi connectivity index (χ0) is 14.4. The number of carboxylic acid groups (broad SMARTS) is 1. The van der Waals surface area contributed by atoms with Crippen molar-refractivity contribution in [2.24, 2.45) is 5.92 Å². The Bertz CT molecular complexity index is 614. The molecule has 1 fully saturated rings. The van der Waals surface area contributed by atoms with Crippen molar-refractivity contribution >= 4 is 34.9 Å². The molecule has 2 heterocycles. The number of thioether (sulfide) groups is 1. The maximum Gasteiger partial charge on any atom is 0.353 e. The van der Waals surface area contributed by atoms with Crippen LogP contribution in [-0.2, 0) is 4.79 Å². The average molecular weight is 307 g/mol. The van der Waals surface area contributed by atoms with Crippen molar-refractivity contribution in [2.75, 3.05) is 0 Å². The predicted octanol–water partition coefficient (Wildman–Crippen LogP) is 2.37. The van der Waals surface area contributed by atoms with E-state index >= 15 is 0 Å². The first-order chi connectivity index (χ1) is 9.52.